The fourth-order valence-corrected chi connectivity index (χ4v) is 2.51. The first-order valence-electron chi connectivity index (χ1n) is 7.75. The fourth-order valence-electron chi connectivity index (χ4n) is 2.51. The van der Waals surface area contributed by atoms with Gasteiger partial charge in [-0.15, -0.1) is 0 Å². The predicted octanol–water partition coefficient (Wildman–Crippen LogP) is 1.47. The number of hydrogen-bond donors (Lipinski definition) is 1. The summed E-state index contributed by atoms with van der Waals surface area (Å²) in [5.74, 6) is 1.68. The summed E-state index contributed by atoms with van der Waals surface area (Å²) in [7, 11) is 1.58. The summed E-state index contributed by atoms with van der Waals surface area (Å²) >= 11 is 0. The van der Waals surface area contributed by atoms with E-state index >= 15 is 0 Å². The Morgan fingerprint density at radius 2 is 2.17 bits per heavy atom. The van der Waals surface area contributed by atoms with Crippen molar-refractivity contribution < 1.29 is 18.8 Å². The van der Waals surface area contributed by atoms with Crippen LogP contribution in [0, 0.1) is 6.92 Å². The van der Waals surface area contributed by atoms with E-state index in [1.165, 1.54) is 0 Å². The van der Waals surface area contributed by atoms with Crippen molar-refractivity contribution in [3.8, 4) is 5.75 Å². The first kappa shape index (κ1) is 16.3. The molecule has 1 fully saturated rings. The molecule has 128 valence electrons. The van der Waals surface area contributed by atoms with E-state index in [2.05, 4.69) is 15.5 Å². The summed E-state index contributed by atoms with van der Waals surface area (Å²) in [6.07, 6.45) is 0. The van der Waals surface area contributed by atoms with Crippen LogP contribution in [0.2, 0.25) is 0 Å². The number of carbonyl (C=O) groups is 1. The molecular weight excluding hydrogens is 312 g/mol. The van der Waals surface area contributed by atoms with E-state index in [0.29, 0.717) is 61.6 Å². The van der Waals surface area contributed by atoms with Gasteiger partial charge in [0.15, 0.2) is 5.82 Å². The monoisotopic (exact) mass is 332 g/mol. The maximum Gasteiger partial charge on any atom is 0.254 e. The molecule has 24 heavy (non-hydrogen) atoms. The molecule has 1 saturated heterocycles. The Morgan fingerprint density at radius 1 is 1.38 bits per heavy atom. The summed E-state index contributed by atoms with van der Waals surface area (Å²) in [4.78, 5) is 18.5. The maximum absolute atomic E-state index is 12.6. The van der Waals surface area contributed by atoms with Crippen LogP contribution in [0.1, 0.15) is 22.1 Å². The zero-order chi connectivity index (χ0) is 16.9. The number of nitrogens with zero attached hydrogens (tertiary/aromatic N) is 3. The number of nitrogens with one attached hydrogen (secondary N) is 1. The Balaban J connectivity index is 1.75. The SMILES string of the molecule is COc1ccc(C(=O)N2CCOCC2)cc1NCc1nc(C)no1. The van der Waals surface area contributed by atoms with Crippen molar-refractivity contribution in [3.05, 3.63) is 35.5 Å². The van der Waals surface area contributed by atoms with Crippen LogP contribution < -0.4 is 10.1 Å². The highest BCUT2D eigenvalue weighted by Crippen LogP contribution is 2.26. The fraction of sp³-hybridized carbons (Fsp3) is 0.438. The van der Waals surface area contributed by atoms with Gasteiger partial charge in [-0.25, -0.2) is 0 Å². The van der Waals surface area contributed by atoms with E-state index in [9.17, 15) is 4.79 Å². The number of amides is 1. The van der Waals surface area contributed by atoms with Crippen LogP contribution in [0.3, 0.4) is 0 Å². The van der Waals surface area contributed by atoms with E-state index in [4.69, 9.17) is 14.0 Å². The number of morpholine rings is 1. The molecule has 0 radical (unpaired) electrons. The van der Waals surface area contributed by atoms with Crippen molar-refractivity contribution in [3.63, 3.8) is 0 Å². The molecule has 0 atom stereocenters. The van der Waals surface area contributed by atoms with E-state index in [1.54, 1.807) is 37.1 Å². The zero-order valence-corrected chi connectivity index (χ0v) is 13.7. The van der Waals surface area contributed by atoms with Crippen molar-refractivity contribution in [1.82, 2.24) is 15.0 Å². The highest BCUT2D eigenvalue weighted by Gasteiger charge is 2.19. The third kappa shape index (κ3) is 3.65. The minimum Gasteiger partial charge on any atom is -0.495 e. The molecule has 8 nitrogen and oxygen atoms in total. The third-order valence-corrected chi connectivity index (χ3v) is 3.74. The molecule has 1 aliphatic rings. The number of rotatable bonds is 5. The molecule has 0 unspecified atom stereocenters. The average Bonchev–Trinajstić information content (AvgIpc) is 3.05. The van der Waals surface area contributed by atoms with Gasteiger partial charge < -0.3 is 24.2 Å². The lowest BCUT2D eigenvalue weighted by atomic mass is 10.1. The number of aromatic nitrogens is 2. The summed E-state index contributed by atoms with van der Waals surface area (Å²) < 4.78 is 15.7. The van der Waals surface area contributed by atoms with Gasteiger partial charge in [-0.3, -0.25) is 4.79 Å². The van der Waals surface area contributed by atoms with E-state index < -0.39 is 0 Å². The molecule has 1 N–H and O–H groups in total. The first-order chi connectivity index (χ1) is 11.7. The quantitative estimate of drug-likeness (QED) is 0.886. The van der Waals surface area contributed by atoms with Gasteiger partial charge in [-0.2, -0.15) is 4.98 Å². The van der Waals surface area contributed by atoms with Gasteiger partial charge in [0.05, 0.1) is 32.6 Å². The van der Waals surface area contributed by atoms with Gasteiger partial charge in [0.25, 0.3) is 5.91 Å². The smallest absolute Gasteiger partial charge is 0.254 e. The number of carbonyl (C=O) groups excluding carboxylic acids is 1. The van der Waals surface area contributed by atoms with Crippen LogP contribution in [0.15, 0.2) is 22.7 Å². The highest BCUT2D eigenvalue weighted by atomic mass is 16.5. The molecular formula is C16H20N4O4. The lowest BCUT2D eigenvalue weighted by Gasteiger charge is -2.27. The van der Waals surface area contributed by atoms with Crippen LogP contribution in [0.4, 0.5) is 5.69 Å². The summed E-state index contributed by atoms with van der Waals surface area (Å²) in [5, 5.41) is 6.92. The molecule has 1 aliphatic heterocycles. The van der Waals surface area contributed by atoms with Gasteiger partial charge in [0, 0.05) is 18.7 Å². The zero-order valence-electron chi connectivity index (χ0n) is 13.7. The molecule has 1 aromatic heterocycles. The molecule has 1 amide bonds. The number of ether oxygens (including phenoxy) is 2. The number of benzene rings is 1. The lowest BCUT2D eigenvalue weighted by molar-refractivity contribution is 0.0303. The molecule has 2 aromatic rings. The van der Waals surface area contributed by atoms with Crippen molar-refractivity contribution in [2.45, 2.75) is 13.5 Å². The molecule has 8 heteroatoms. The standard InChI is InChI=1S/C16H20N4O4/c1-11-18-15(24-19-11)10-17-13-9-12(3-4-14(13)22-2)16(21)20-5-7-23-8-6-20/h3-4,9,17H,5-8,10H2,1-2H3. The second-order valence-electron chi connectivity index (χ2n) is 5.41. The van der Waals surface area contributed by atoms with Gasteiger partial charge >= 0.3 is 0 Å². The Kier molecular flexibility index (Phi) is 4.95. The van der Waals surface area contributed by atoms with Gasteiger partial charge in [0.1, 0.15) is 5.75 Å². The average molecular weight is 332 g/mol. The second kappa shape index (κ2) is 7.31. The van der Waals surface area contributed by atoms with Crippen LogP contribution in [0.5, 0.6) is 5.75 Å². The van der Waals surface area contributed by atoms with E-state index in [0.717, 1.165) is 0 Å². The van der Waals surface area contributed by atoms with Crippen LogP contribution in [0.25, 0.3) is 0 Å². The molecule has 2 heterocycles. The first-order valence-corrected chi connectivity index (χ1v) is 7.75. The van der Waals surface area contributed by atoms with Gasteiger partial charge in [0.2, 0.25) is 5.89 Å². The lowest BCUT2D eigenvalue weighted by Crippen LogP contribution is -2.40. The molecule has 0 bridgehead atoms. The van der Waals surface area contributed by atoms with E-state index in [-0.39, 0.29) is 5.91 Å². The Hall–Kier alpha value is -2.61. The molecule has 3 rings (SSSR count). The van der Waals surface area contributed by atoms with Gasteiger partial charge in [-0.1, -0.05) is 5.16 Å². The molecule has 0 aliphatic carbocycles. The summed E-state index contributed by atoms with van der Waals surface area (Å²) in [6, 6.07) is 5.31. The van der Waals surface area contributed by atoms with Gasteiger partial charge in [-0.05, 0) is 25.1 Å². The Bertz CT molecular complexity index is 710. The van der Waals surface area contributed by atoms with E-state index in [1.807, 2.05) is 0 Å². The van der Waals surface area contributed by atoms with Crippen molar-refractivity contribution in [2.24, 2.45) is 0 Å². The maximum atomic E-state index is 12.6. The topological polar surface area (TPSA) is 89.7 Å². The normalized spacial score (nSPS) is 14.5. The van der Waals surface area contributed by atoms with Crippen molar-refractivity contribution in [1.29, 1.82) is 0 Å². The molecule has 0 saturated carbocycles. The minimum atomic E-state index is -0.0161. The highest BCUT2D eigenvalue weighted by molar-refractivity contribution is 5.95. The largest absolute Gasteiger partial charge is 0.495 e. The van der Waals surface area contributed by atoms with Crippen LogP contribution >= 0.6 is 0 Å². The summed E-state index contributed by atoms with van der Waals surface area (Å²) in [5.41, 5.74) is 1.30. The number of anilines is 1. The number of aryl methyl sites for hydroxylation is 1. The Labute approximate surface area is 139 Å². The predicted molar refractivity (Wildman–Crippen MR) is 86.1 cm³/mol. The molecule has 0 spiro atoms. The minimum absolute atomic E-state index is 0.0161. The van der Waals surface area contributed by atoms with Crippen LogP contribution in [-0.4, -0.2) is 54.4 Å². The number of hydrogen-bond acceptors (Lipinski definition) is 7. The van der Waals surface area contributed by atoms with Crippen molar-refractivity contribution >= 4 is 11.6 Å². The third-order valence-electron chi connectivity index (χ3n) is 3.74. The Morgan fingerprint density at radius 3 is 2.83 bits per heavy atom. The second-order valence-corrected chi connectivity index (χ2v) is 5.41. The van der Waals surface area contributed by atoms with Crippen molar-refractivity contribution in [2.75, 3.05) is 38.7 Å². The summed E-state index contributed by atoms with van der Waals surface area (Å²) in [6.45, 7) is 4.47. The van der Waals surface area contributed by atoms with Crippen LogP contribution in [-0.2, 0) is 11.3 Å². The molecule has 1 aromatic carbocycles. The number of methoxy groups -OCH3 is 1.